The van der Waals surface area contributed by atoms with Gasteiger partial charge in [0.15, 0.2) is 5.76 Å². The van der Waals surface area contributed by atoms with E-state index < -0.39 is 6.10 Å². The Labute approximate surface area is 148 Å². The van der Waals surface area contributed by atoms with Crippen LogP contribution < -0.4 is 0 Å². The van der Waals surface area contributed by atoms with Crippen LogP contribution in [0.2, 0.25) is 10.0 Å². The van der Waals surface area contributed by atoms with E-state index >= 15 is 0 Å². The normalized spacial score (nSPS) is 12.3. The van der Waals surface area contributed by atoms with Crippen molar-refractivity contribution >= 4 is 35.8 Å². The highest BCUT2D eigenvalue weighted by atomic mass is 35.5. The third-order valence-electron chi connectivity index (χ3n) is 3.35. The standard InChI is InChI=1S/C16H12Cl2N2O2S/c1-21-14(9-4-3-7-19-8-9)15-16(23)13(20-22-15)12-10(17)5-2-6-11(12)18/h2-8,14,23H,1H3. The second-order valence-corrected chi connectivity index (χ2v) is 6.00. The Balaban J connectivity index is 2.09. The summed E-state index contributed by atoms with van der Waals surface area (Å²) < 4.78 is 11.0. The van der Waals surface area contributed by atoms with Crippen LogP contribution >= 0.6 is 35.8 Å². The summed E-state index contributed by atoms with van der Waals surface area (Å²) in [5.41, 5.74) is 1.89. The fourth-order valence-electron chi connectivity index (χ4n) is 2.28. The minimum atomic E-state index is -0.473. The molecule has 3 rings (SSSR count). The number of hydrogen-bond acceptors (Lipinski definition) is 5. The summed E-state index contributed by atoms with van der Waals surface area (Å²) in [4.78, 5) is 4.62. The Hall–Kier alpha value is -1.53. The fraction of sp³-hybridized carbons (Fsp3) is 0.125. The molecule has 0 aliphatic carbocycles. The molecule has 0 aliphatic rings. The summed E-state index contributed by atoms with van der Waals surface area (Å²) in [6, 6.07) is 8.94. The van der Waals surface area contributed by atoms with Gasteiger partial charge in [0.05, 0.1) is 14.9 Å². The minimum absolute atomic E-state index is 0.467. The maximum absolute atomic E-state index is 6.23. The Kier molecular flexibility index (Phi) is 4.92. The van der Waals surface area contributed by atoms with E-state index in [-0.39, 0.29) is 0 Å². The predicted octanol–water partition coefficient (Wildman–Crippen LogP) is 5.07. The average Bonchev–Trinajstić information content (AvgIpc) is 2.91. The van der Waals surface area contributed by atoms with Crippen molar-refractivity contribution < 1.29 is 9.26 Å². The average molecular weight is 367 g/mol. The third-order valence-corrected chi connectivity index (χ3v) is 4.42. The van der Waals surface area contributed by atoms with Crippen molar-refractivity contribution in [2.45, 2.75) is 11.0 Å². The molecule has 0 radical (unpaired) electrons. The lowest BCUT2D eigenvalue weighted by Gasteiger charge is -2.12. The number of halogens is 2. The number of ether oxygens (including phenoxy) is 1. The first-order valence-corrected chi connectivity index (χ1v) is 7.89. The smallest absolute Gasteiger partial charge is 0.183 e. The van der Waals surface area contributed by atoms with E-state index in [0.29, 0.717) is 32.0 Å². The molecule has 23 heavy (non-hydrogen) atoms. The van der Waals surface area contributed by atoms with Gasteiger partial charge in [-0.2, -0.15) is 0 Å². The molecule has 0 spiro atoms. The SMILES string of the molecule is COC(c1cccnc1)c1onc(-c2c(Cl)cccc2Cl)c1S. The topological polar surface area (TPSA) is 48.2 Å². The summed E-state index contributed by atoms with van der Waals surface area (Å²) in [7, 11) is 1.58. The number of pyridine rings is 1. The molecule has 1 aromatic carbocycles. The van der Waals surface area contributed by atoms with Gasteiger partial charge in [-0.15, -0.1) is 12.6 Å². The van der Waals surface area contributed by atoms with E-state index in [1.807, 2.05) is 12.1 Å². The van der Waals surface area contributed by atoms with E-state index in [1.165, 1.54) is 0 Å². The maximum atomic E-state index is 6.23. The number of hydrogen-bond donors (Lipinski definition) is 1. The van der Waals surface area contributed by atoms with Gasteiger partial charge in [0.1, 0.15) is 11.8 Å². The Morgan fingerprint density at radius 3 is 2.52 bits per heavy atom. The first-order valence-electron chi connectivity index (χ1n) is 6.69. The molecular formula is C16H12Cl2N2O2S. The Bertz CT molecular complexity index is 804. The lowest BCUT2D eigenvalue weighted by Crippen LogP contribution is -2.03. The van der Waals surface area contributed by atoms with Crippen LogP contribution in [0.3, 0.4) is 0 Å². The number of thiol groups is 1. The lowest BCUT2D eigenvalue weighted by atomic mass is 10.1. The van der Waals surface area contributed by atoms with Crippen LogP contribution in [0, 0.1) is 0 Å². The molecule has 3 aromatic rings. The molecule has 0 fully saturated rings. The van der Waals surface area contributed by atoms with Crippen molar-refractivity contribution in [3.63, 3.8) is 0 Å². The third kappa shape index (κ3) is 3.10. The first kappa shape index (κ1) is 16.3. The Morgan fingerprint density at radius 2 is 1.91 bits per heavy atom. The molecule has 0 saturated heterocycles. The number of methoxy groups -OCH3 is 1. The molecule has 2 aromatic heterocycles. The molecule has 1 atom stereocenters. The Morgan fingerprint density at radius 1 is 1.17 bits per heavy atom. The van der Waals surface area contributed by atoms with Gasteiger partial charge < -0.3 is 9.26 Å². The predicted molar refractivity (Wildman–Crippen MR) is 92.3 cm³/mol. The van der Waals surface area contributed by atoms with Crippen molar-refractivity contribution in [3.05, 3.63) is 64.1 Å². The molecule has 2 heterocycles. The zero-order valence-corrected chi connectivity index (χ0v) is 14.4. The van der Waals surface area contributed by atoms with Crippen molar-refractivity contribution in [3.8, 4) is 11.3 Å². The van der Waals surface area contributed by atoms with Crippen LogP contribution in [0.4, 0.5) is 0 Å². The molecule has 0 amide bonds. The molecular weight excluding hydrogens is 355 g/mol. The first-order chi connectivity index (χ1) is 11.1. The van der Waals surface area contributed by atoms with Gasteiger partial charge in [0.25, 0.3) is 0 Å². The van der Waals surface area contributed by atoms with E-state index in [2.05, 4.69) is 22.8 Å². The van der Waals surface area contributed by atoms with Gasteiger partial charge in [0, 0.05) is 30.6 Å². The molecule has 1 unspecified atom stereocenters. The second kappa shape index (κ2) is 6.93. The zero-order valence-electron chi connectivity index (χ0n) is 12.0. The van der Waals surface area contributed by atoms with Crippen LogP contribution in [0.5, 0.6) is 0 Å². The molecule has 4 nitrogen and oxygen atoms in total. The molecule has 7 heteroatoms. The van der Waals surface area contributed by atoms with Gasteiger partial charge in [-0.1, -0.05) is 40.5 Å². The van der Waals surface area contributed by atoms with Crippen LogP contribution in [-0.2, 0) is 4.74 Å². The van der Waals surface area contributed by atoms with Gasteiger partial charge in [0.2, 0.25) is 0 Å². The minimum Gasteiger partial charge on any atom is -0.369 e. The zero-order chi connectivity index (χ0) is 16.4. The number of benzene rings is 1. The van der Waals surface area contributed by atoms with Crippen LogP contribution in [0.15, 0.2) is 52.1 Å². The van der Waals surface area contributed by atoms with Crippen LogP contribution in [0.25, 0.3) is 11.3 Å². The molecule has 0 saturated carbocycles. The molecule has 0 bridgehead atoms. The fourth-order valence-corrected chi connectivity index (χ4v) is 3.17. The van der Waals surface area contributed by atoms with Gasteiger partial charge in [-0.25, -0.2) is 0 Å². The highest BCUT2D eigenvalue weighted by Crippen LogP contribution is 2.41. The van der Waals surface area contributed by atoms with Crippen LogP contribution in [-0.4, -0.2) is 17.3 Å². The van der Waals surface area contributed by atoms with Crippen molar-refractivity contribution in [1.82, 2.24) is 10.1 Å². The largest absolute Gasteiger partial charge is 0.369 e. The number of nitrogens with zero attached hydrogens (tertiary/aromatic N) is 2. The van der Waals surface area contributed by atoms with E-state index in [1.54, 1.807) is 37.7 Å². The highest BCUT2D eigenvalue weighted by Gasteiger charge is 2.26. The summed E-state index contributed by atoms with van der Waals surface area (Å²) >= 11 is 17.0. The van der Waals surface area contributed by atoms with Gasteiger partial charge in [-0.05, 0) is 18.2 Å². The molecule has 118 valence electrons. The van der Waals surface area contributed by atoms with E-state index in [9.17, 15) is 0 Å². The lowest BCUT2D eigenvalue weighted by molar-refractivity contribution is 0.106. The quantitative estimate of drug-likeness (QED) is 0.655. The van der Waals surface area contributed by atoms with E-state index in [0.717, 1.165) is 5.56 Å². The van der Waals surface area contributed by atoms with Gasteiger partial charge >= 0.3 is 0 Å². The molecule has 0 aliphatic heterocycles. The summed E-state index contributed by atoms with van der Waals surface area (Å²) in [6.45, 7) is 0. The summed E-state index contributed by atoms with van der Waals surface area (Å²) in [5.74, 6) is 0.467. The maximum Gasteiger partial charge on any atom is 0.183 e. The second-order valence-electron chi connectivity index (χ2n) is 4.74. The summed E-state index contributed by atoms with van der Waals surface area (Å²) in [5, 5.41) is 5.03. The number of aromatic nitrogens is 2. The molecule has 0 N–H and O–H groups in total. The van der Waals surface area contributed by atoms with Gasteiger partial charge in [-0.3, -0.25) is 4.98 Å². The van der Waals surface area contributed by atoms with E-state index in [4.69, 9.17) is 32.5 Å². The van der Waals surface area contributed by atoms with Crippen molar-refractivity contribution in [2.24, 2.45) is 0 Å². The number of rotatable bonds is 4. The monoisotopic (exact) mass is 366 g/mol. The van der Waals surface area contributed by atoms with Crippen molar-refractivity contribution in [1.29, 1.82) is 0 Å². The summed E-state index contributed by atoms with van der Waals surface area (Å²) in [6.07, 6.45) is 2.91. The van der Waals surface area contributed by atoms with Crippen molar-refractivity contribution in [2.75, 3.05) is 7.11 Å². The highest BCUT2D eigenvalue weighted by molar-refractivity contribution is 7.80. The van der Waals surface area contributed by atoms with Crippen LogP contribution in [0.1, 0.15) is 17.4 Å².